The lowest BCUT2D eigenvalue weighted by Gasteiger charge is -2.07. The third kappa shape index (κ3) is 5.12. The molecule has 2 aliphatic carbocycles. The average Bonchev–Trinajstić information content (AvgIpc) is 3.26. The van der Waals surface area contributed by atoms with Crippen LogP contribution in [-0.4, -0.2) is 24.2 Å². The predicted octanol–water partition coefficient (Wildman–Crippen LogP) is 6.55. The van der Waals surface area contributed by atoms with Crippen molar-refractivity contribution in [3.05, 3.63) is 87.6 Å². The molecule has 0 spiro atoms. The van der Waals surface area contributed by atoms with Crippen LogP contribution in [0.1, 0.15) is 70.5 Å². The topological polar surface area (TPSA) is 77.0 Å². The van der Waals surface area contributed by atoms with Crippen molar-refractivity contribution in [3.8, 4) is 0 Å². The van der Waals surface area contributed by atoms with Gasteiger partial charge in [-0.25, -0.2) is 13.4 Å². The van der Waals surface area contributed by atoms with Crippen LogP contribution in [0.4, 0.5) is 0 Å². The fraction of sp³-hybridized carbons (Fsp3) is 0.367. The summed E-state index contributed by atoms with van der Waals surface area (Å²) < 4.78 is 26.1. The molecule has 5 nitrogen and oxygen atoms in total. The first-order valence-corrected chi connectivity index (χ1v) is 15.5. The summed E-state index contributed by atoms with van der Waals surface area (Å²) in [6.45, 7) is 2.03. The Morgan fingerprint density at radius 2 is 1.81 bits per heavy atom. The van der Waals surface area contributed by atoms with Crippen LogP contribution in [0.2, 0.25) is 0 Å². The fourth-order valence-corrected chi connectivity index (χ4v) is 8.38. The zero-order chi connectivity index (χ0) is 25.6. The third-order valence-corrected chi connectivity index (χ3v) is 10.9. The van der Waals surface area contributed by atoms with E-state index in [0.29, 0.717) is 22.2 Å². The lowest BCUT2D eigenvalue weighted by atomic mass is 9.99. The largest absolute Gasteiger partial charge is 0.299 e. The van der Waals surface area contributed by atoms with Gasteiger partial charge < -0.3 is 0 Å². The van der Waals surface area contributed by atoms with E-state index < -0.39 is 9.84 Å². The molecule has 0 unspecified atom stereocenters. The maximum atomic E-state index is 13.0. The van der Waals surface area contributed by atoms with Crippen molar-refractivity contribution in [2.45, 2.75) is 67.9 Å². The zero-order valence-electron chi connectivity index (χ0n) is 20.9. The van der Waals surface area contributed by atoms with Gasteiger partial charge in [-0.3, -0.25) is 9.78 Å². The van der Waals surface area contributed by atoms with Crippen LogP contribution in [0.5, 0.6) is 0 Å². The van der Waals surface area contributed by atoms with Gasteiger partial charge in [-0.15, -0.1) is 11.3 Å². The van der Waals surface area contributed by atoms with Crippen molar-refractivity contribution in [2.24, 2.45) is 5.92 Å². The van der Waals surface area contributed by atoms with Gasteiger partial charge in [-0.2, -0.15) is 0 Å². The second kappa shape index (κ2) is 9.76. The minimum atomic E-state index is -3.46. The molecular formula is C30H30N2O3S2. The molecule has 2 heterocycles. The van der Waals surface area contributed by atoms with E-state index in [1.54, 1.807) is 23.5 Å². The smallest absolute Gasteiger partial charge is 0.184 e. The molecule has 37 heavy (non-hydrogen) atoms. The summed E-state index contributed by atoms with van der Waals surface area (Å²) in [4.78, 5) is 23.2. The Morgan fingerprint density at radius 3 is 2.59 bits per heavy atom. The number of carbonyl (C=O) groups is 1. The number of fused-ring (bicyclic) bond motifs is 1. The number of aromatic nitrogens is 2. The van der Waals surface area contributed by atoms with Crippen molar-refractivity contribution in [1.29, 1.82) is 0 Å². The monoisotopic (exact) mass is 530 g/mol. The second-order valence-electron chi connectivity index (χ2n) is 10.6. The van der Waals surface area contributed by atoms with E-state index in [1.807, 2.05) is 49.8 Å². The molecular weight excluding hydrogens is 500 g/mol. The fourth-order valence-electron chi connectivity index (χ4n) is 5.68. The summed E-state index contributed by atoms with van der Waals surface area (Å²) in [5.41, 5.74) is 3.17. The van der Waals surface area contributed by atoms with Crippen molar-refractivity contribution in [3.63, 3.8) is 0 Å². The highest BCUT2D eigenvalue weighted by Crippen LogP contribution is 2.48. The van der Waals surface area contributed by atoms with Crippen molar-refractivity contribution >= 4 is 37.7 Å². The Kier molecular flexibility index (Phi) is 6.45. The van der Waals surface area contributed by atoms with Crippen LogP contribution in [0.25, 0.3) is 10.8 Å². The number of thiazole rings is 1. The van der Waals surface area contributed by atoms with Crippen LogP contribution >= 0.6 is 11.3 Å². The number of Topliss-reactive ketones (excluding diaryl/α,β-unsaturated/α-hetero) is 1. The molecule has 0 amide bonds. The Balaban J connectivity index is 1.09. The number of aryl methyl sites for hydroxylation is 1. The van der Waals surface area contributed by atoms with Gasteiger partial charge in [-0.1, -0.05) is 43.2 Å². The first-order chi connectivity index (χ1) is 17.9. The van der Waals surface area contributed by atoms with Crippen LogP contribution in [-0.2, 0) is 26.8 Å². The van der Waals surface area contributed by atoms with Crippen LogP contribution in [0.15, 0.2) is 66.0 Å². The second-order valence-corrected chi connectivity index (χ2v) is 13.7. The number of hydrogen-bond donors (Lipinski definition) is 0. The maximum absolute atomic E-state index is 13.0. The molecule has 2 atom stereocenters. The van der Waals surface area contributed by atoms with E-state index in [-0.39, 0.29) is 23.4 Å². The summed E-state index contributed by atoms with van der Waals surface area (Å²) in [5, 5.41) is 2.88. The highest BCUT2D eigenvalue weighted by Gasteiger charge is 2.43. The molecule has 0 N–H and O–H groups in total. The van der Waals surface area contributed by atoms with E-state index >= 15 is 0 Å². The van der Waals surface area contributed by atoms with Gasteiger partial charge >= 0.3 is 0 Å². The van der Waals surface area contributed by atoms with Gasteiger partial charge in [0.25, 0.3) is 0 Å². The number of rotatable bonds is 8. The lowest BCUT2D eigenvalue weighted by molar-refractivity contribution is -0.119. The molecule has 2 aromatic heterocycles. The number of pyridine rings is 1. The van der Waals surface area contributed by atoms with Crippen LogP contribution in [0, 0.1) is 12.8 Å². The predicted molar refractivity (Wildman–Crippen MR) is 147 cm³/mol. The number of sulfone groups is 1. The minimum absolute atomic E-state index is 0.000943. The molecule has 2 aromatic carbocycles. The van der Waals surface area contributed by atoms with E-state index in [2.05, 4.69) is 16.0 Å². The first-order valence-electron chi connectivity index (χ1n) is 13.0. The number of ketones is 1. The molecule has 0 bridgehead atoms. The van der Waals surface area contributed by atoms with Crippen molar-refractivity contribution in [2.75, 3.05) is 0 Å². The van der Waals surface area contributed by atoms with Crippen molar-refractivity contribution in [1.82, 2.24) is 9.97 Å². The van der Waals surface area contributed by atoms with Crippen LogP contribution < -0.4 is 0 Å². The van der Waals surface area contributed by atoms with Gasteiger partial charge in [0.2, 0.25) is 0 Å². The minimum Gasteiger partial charge on any atom is -0.299 e. The molecule has 0 saturated heterocycles. The average molecular weight is 531 g/mol. The van der Waals surface area contributed by atoms with E-state index in [9.17, 15) is 13.2 Å². The van der Waals surface area contributed by atoms with Gasteiger partial charge in [0.05, 0.1) is 4.90 Å². The summed E-state index contributed by atoms with van der Waals surface area (Å²) >= 11 is 1.54. The summed E-state index contributed by atoms with van der Waals surface area (Å²) in [6.07, 6.45) is 11.7. The lowest BCUT2D eigenvalue weighted by Crippen LogP contribution is -2.07. The van der Waals surface area contributed by atoms with E-state index in [4.69, 9.17) is 0 Å². The number of nitrogens with zero attached hydrogens (tertiary/aromatic N) is 2. The summed E-state index contributed by atoms with van der Waals surface area (Å²) in [7, 11) is -3.46. The maximum Gasteiger partial charge on any atom is 0.184 e. The number of hydrogen-bond acceptors (Lipinski definition) is 6. The normalized spacial score (nSPS) is 19.9. The molecule has 6 rings (SSSR count). The molecule has 2 saturated carbocycles. The standard InChI is InChI=1S/C30H30N2O3S2/c1-19-15-31-16-23-7-6-20(12-25(19)23)13-28(33)27-14-26(27)21-8-10-24(11-9-21)37(34,35)18-30-32-17-29(36-30)22-4-2-3-5-22/h6-12,15-17,22,26-27H,2-5,13-14,18H2,1H3/t26-,27+/m0/s1. The number of carbonyl (C=O) groups excluding carboxylic acids is 1. The molecule has 4 aromatic rings. The highest BCUT2D eigenvalue weighted by molar-refractivity contribution is 7.90. The van der Waals surface area contributed by atoms with Gasteiger partial charge in [0.1, 0.15) is 16.5 Å². The number of benzene rings is 2. The van der Waals surface area contributed by atoms with E-state index in [1.165, 1.54) is 30.6 Å². The Bertz CT molecular complexity index is 1570. The SMILES string of the molecule is Cc1cncc2ccc(CC(=O)[C@@H]3C[C@H]3c3ccc(S(=O)(=O)Cc4ncc(C5CCCC5)s4)cc3)cc12. The molecule has 0 aliphatic heterocycles. The van der Waals surface area contributed by atoms with E-state index in [0.717, 1.165) is 33.9 Å². The van der Waals surface area contributed by atoms with Crippen molar-refractivity contribution < 1.29 is 13.2 Å². The van der Waals surface area contributed by atoms with Crippen LogP contribution in [0.3, 0.4) is 0 Å². The molecule has 0 radical (unpaired) electrons. The first kappa shape index (κ1) is 24.4. The van der Waals surface area contributed by atoms with Gasteiger partial charge in [0, 0.05) is 41.2 Å². The molecule has 190 valence electrons. The molecule has 7 heteroatoms. The van der Waals surface area contributed by atoms with Gasteiger partial charge in [-0.05, 0) is 72.2 Å². The quantitative estimate of drug-likeness (QED) is 0.258. The zero-order valence-corrected chi connectivity index (χ0v) is 22.5. The Morgan fingerprint density at radius 1 is 1.03 bits per heavy atom. The van der Waals surface area contributed by atoms with Gasteiger partial charge in [0.15, 0.2) is 9.84 Å². The summed E-state index contributed by atoms with van der Waals surface area (Å²) in [6, 6.07) is 13.3. The summed E-state index contributed by atoms with van der Waals surface area (Å²) in [5.74, 6) is 0.902. The molecule has 2 aliphatic rings. The highest BCUT2D eigenvalue weighted by atomic mass is 32.2. The Labute approximate surface area is 221 Å². The third-order valence-electron chi connectivity index (χ3n) is 7.92. The molecule has 2 fully saturated rings. The Hall–Kier alpha value is -2.90.